The number of para-hydroxylation sites is 1. The van der Waals surface area contributed by atoms with Crippen LogP contribution in [0.3, 0.4) is 0 Å². The lowest BCUT2D eigenvalue weighted by atomic mass is 9.99. The summed E-state index contributed by atoms with van der Waals surface area (Å²) in [6.07, 6.45) is 0.406. The van der Waals surface area contributed by atoms with Crippen molar-refractivity contribution in [3.63, 3.8) is 0 Å². The highest BCUT2D eigenvalue weighted by atomic mass is 16.1. The van der Waals surface area contributed by atoms with Gasteiger partial charge in [-0.05, 0) is 38.0 Å². The minimum Gasteiger partial charge on any atom is -0.356 e. The zero-order valence-corrected chi connectivity index (χ0v) is 11.1. The van der Waals surface area contributed by atoms with Crippen LogP contribution in [0.4, 0.5) is 0 Å². The molecule has 1 aromatic carbocycles. The van der Waals surface area contributed by atoms with E-state index < -0.39 is 0 Å². The molecule has 0 saturated heterocycles. The maximum absolute atomic E-state index is 11.7. The van der Waals surface area contributed by atoms with E-state index in [2.05, 4.69) is 23.3 Å². The standard InChI is InChI=1S/C15H18N2O/c1-4-16-15(18)9-13-10(2)12-7-5-6-8-14(12)17-11(13)3/h5-8H,4,9H2,1-3H3,(H,16,18). The Kier molecular flexibility index (Phi) is 3.60. The van der Waals surface area contributed by atoms with Gasteiger partial charge >= 0.3 is 0 Å². The van der Waals surface area contributed by atoms with E-state index in [4.69, 9.17) is 0 Å². The SMILES string of the molecule is CCNC(=O)Cc1c(C)nc2ccccc2c1C. The number of aromatic nitrogens is 1. The number of benzene rings is 1. The van der Waals surface area contributed by atoms with Crippen LogP contribution in [0.5, 0.6) is 0 Å². The Bertz CT molecular complexity index is 590. The number of hydrogen-bond donors (Lipinski definition) is 1. The monoisotopic (exact) mass is 242 g/mol. The molecule has 3 heteroatoms. The molecule has 3 nitrogen and oxygen atoms in total. The van der Waals surface area contributed by atoms with Gasteiger partial charge in [-0.3, -0.25) is 9.78 Å². The molecule has 0 aliphatic carbocycles. The van der Waals surface area contributed by atoms with Gasteiger partial charge in [0.15, 0.2) is 0 Å². The second-order valence-electron chi connectivity index (χ2n) is 4.45. The summed E-state index contributed by atoms with van der Waals surface area (Å²) in [4.78, 5) is 16.3. The van der Waals surface area contributed by atoms with Crippen LogP contribution >= 0.6 is 0 Å². The van der Waals surface area contributed by atoms with Gasteiger partial charge in [-0.1, -0.05) is 18.2 Å². The lowest BCUT2D eigenvalue weighted by molar-refractivity contribution is -0.120. The van der Waals surface area contributed by atoms with E-state index in [-0.39, 0.29) is 5.91 Å². The Morgan fingerprint density at radius 2 is 2.00 bits per heavy atom. The molecule has 0 fully saturated rings. The molecular formula is C15H18N2O. The number of amides is 1. The number of carbonyl (C=O) groups is 1. The van der Waals surface area contributed by atoms with Crippen molar-refractivity contribution in [2.45, 2.75) is 27.2 Å². The normalized spacial score (nSPS) is 10.6. The van der Waals surface area contributed by atoms with Crippen molar-refractivity contribution in [3.8, 4) is 0 Å². The number of carbonyl (C=O) groups excluding carboxylic acids is 1. The van der Waals surface area contributed by atoms with E-state index in [0.717, 1.165) is 27.7 Å². The predicted molar refractivity (Wildman–Crippen MR) is 73.6 cm³/mol. The van der Waals surface area contributed by atoms with Gasteiger partial charge in [0.1, 0.15) is 0 Å². The molecule has 18 heavy (non-hydrogen) atoms. The number of nitrogens with one attached hydrogen (secondary N) is 1. The third kappa shape index (κ3) is 2.35. The second kappa shape index (κ2) is 5.17. The van der Waals surface area contributed by atoms with Crippen molar-refractivity contribution in [1.29, 1.82) is 0 Å². The van der Waals surface area contributed by atoms with E-state index >= 15 is 0 Å². The zero-order valence-electron chi connectivity index (χ0n) is 11.1. The molecule has 2 aromatic rings. The molecule has 0 atom stereocenters. The highest BCUT2D eigenvalue weighted by Gasteiger charge is 2.12. The molecular weight excluding hydrogens is 224 g/mol. The summed E-state index contributed by atoms with van der Waals surface area (Å²) in [6.45, 7) is 6.62. The second-order valence-corrected chi connectivity index (χ2v) is 4.45. The van der Waals surface area contributed by atoms with Crippen LogP contribution in [0.15, 0.2) is 24.3 Å². The Labute approximate surface area is 107 Å². The summed E-state index contributed by atoms with van der Waals surface area (Å²) in [5.74, 6) is 0.0563. The van der Waals surface area contributed by atoms with Gasteiger partial charge in [0.05, 0.1) is 11.9 Å². The quantitative estimate of drug-likeness (QED) is 0.898. The van der Waals surface area contributed by atoms with E-state index in [1.54, 1.807) is 0 Å². The molecule has 1 N–H and O–H groups in total. The van der Waals surface area contributed by atoms with Crippen LogP contribution in [0.2, 0.25) is 0 Å². The average molecular weight is 242 g/mol. The fourth-order valence-corrected chi connectivity index (χ4v) is 2.25. The van der Waals surface area contributed by atoms with E-state index in [0.29, 0.717) is 13.0 Å². The lowest BCUT2D eigenvalue weighted by Crippen LogP contribution is -2.25. The summed E-state index contributed by atoms with van der Waals surface area (Å²) in [5.41, 5.74) is 4.13. The third-order valence-corrected chi connectivity index (χ3v) is 3.20. The fraction of sp³-hybridized carbons (Fsp3) is 0.333. The first-order chi connectivity index (χ1) is 8.63. The topological polar surface area (TPSA) is 42.0 Å². The van der Waals surface area contributed by atoms with Gasteiger partial charge in [0.2, 0.25) is 5.91 Å². The van der Waals surface area contributed by atoms with Crippen molar-refractivity contribution >= 4 is 16.8 Å². The number of nitrogens with zero attached hydrogens (tertiary/aromatic N) is 1. The predicted octanol–water partition coefficient (Wildman–Crippen LogP) is 2.53. The van der Waals surface area contributed by atoms with Crippen molar-refractivity contribution in [3.05, 3.63) is 41.1 Å². The van der Waals surface area contributed by atoms with Crippen molar-refractivity contribution in [2.75, 3.05) is 6.54 Å². The first kappa shape index (κ1) is 12.6. The van der Waals surface area contributed by atoms with Crippen LogP contribution in [-0.4, -0.2) is 17.4 Å². The van der Waals surface area contributed by atoms with Gasteiger partial charge in [-0.25, -0.2) is 0 Å². The van der Waals surface area contributed by atoms with Gasteiger partial charge in [-0.2, -0.15) is 0 Å². The number of aryl methyl sites for hydroxylation is 2. The van der Waals surface area contributed by atoms with Crippen molar-refractivity contribution in [2.24, 2.45) is 0 Å². The van der Waals surface area contributed by atoms with Gasteiger partial charge in [0, 0.05) is 17.6 Å². The van der Waals surface area contributed by atoms with Crippen LogP contribution in [-0.2, 0) is 11.2 Å². The molecule has 0 aliphatic rings. The zero-order chi connectivity index (χ0) is 13.1. The van der Waals surface area contributed by atoms with Crippen LogP contribution in [0.1, 0.15) is 23.7 Å². The number of pyridine rings is 1. The van der Waals surface area contributed by atoms with Gasteiger partial charge in [-0.15, -0.1) is 0 Å². The molecule has 0 aliphatic heterocycles. The number of likely N-dealkylation sites (N-methyl/N-ethyl adjacent to an activating group) is 1. The smallest absolute Gasteiger partial charge is 0.224 e. The van der Waals surface area contributed by atoms with Crippen LogP contribution in [0.25, 0.3) is 10.9 Å². The molecule has 1 aromatic heterocycles. The molecule has 0 radical (unpaired) electrons. The average Bonchev–Trinajstić information content (AvgIpc) is 2.35. The highest BCUT2D eigenvalue weighted by molar-refractivity contribution is 5.86. The van der Waals surface area contributed by atoms with Gasteiger partial charge < -0.3 is 5.32 Å². The van der Waals surface area contributed by atoms with E-state index in [1.165, 1.54) is 0 Å². The summed E-state index contributed by atoms with van der Waals surface area (Å²) < 4.78 is 0. The maximum atomic E-state index is 11.7. The number of fused-ring (bicyclic) bond motifs is 1. The van der Waals surface area contributed by atoms with E-state index in [9.17, 15) is 4.79 Å². The first-order valence-corrected chi connectivity index (χ1v) is 6.25. The summed E-state index contributed by atoms with van der Waals surface area (Å²) in [5, 5.41) is 3.96. The molecule has 0 bridgehead atoms. The van der Waals surface area contributed by atoms with Gasteiger partial charge in [0.25, 0.3) is 0 Å². The van der Waals surface area contributed by atoms with Crippen LogP contribution < -0.4 is 5.32 Å². The van der Waals surface area contributed by atoms with E-state index in [1.807, 2.05) is 32.0 Å². The Morgan fingerprint density at radius 3 is 2.72 bits per heavy atom. The highest BCUT2D eigenvalue weighted by Crippen LogP contribution is 2.22. The first-order valence-electron chi connectivity index (χ1n) is 6.25. The Balaban J connectivity index is 2.47. The Hall–Kier alpha value is -1.90. The number of rotatable bonds is 3. The van der Waals surface area contributed by atoms with Crippen molar-refractivity contribution < 1.29 is 4.79 Å². The van der Waals surface area contributed by atoms with Crippen LogP contribution in [0, 0.1) is 13.8 Å². The third-order valence-electron chi connectivity index (χ3n) is 3.20. The molecule has 0 saturated carbocycles. The maximum Gasteiger partial charge on any atom is 0.224 e. The molecule has 1 amide bonds. The largest absolute Gasteiger partial charge is 0.356 e. The molecule has 94 valence electrons. The molecule has 2 rings (SSSR count). The minimum atomic E-state index is 0.0563. The minimum absolute atomic E-state index is 0.0563. The molecule has 0 spiro atoms. The lowest BCUT2D eigenvalue weighted by Gasteiger charge is -2.12. The molecule has 1 heterocycles. The summed E-state index contributed by atoms with van der Waals surface area (Å²) in [6, 6.07) is 8.05. The summed E-state index contributed by atoms with van der Waals surface area (Å²) in [7, 11) is 0. The van der Waals surface area contributed by atoms with Crippen molar-refractivity contribution in [1.82, 2.24) is 10.3 Å². The Morgan fingerprint density at radius 1 is 1.28 bits per heavy atom. The fourth-order valence-electron chi connectivity index (χ4n) is 2.25. The molecule has 0 unspecified atom stereocenters. The number of hydrogen-bond acceptors (Lipinski definition) is 2. The summed E-state index contributed by atoms with van der Waals surface area (Å²) >= 11 is 0.